The molecule has 0 bridgehead atoms. The number of carbonyl (C=O) groups excluding carboxylic acids is 2. The van der Waals surface area contributed by atoms with Crippen molar-refractivity contribution in [3.63, 3.8) is 0 Å². The molecule has 0 saturated heterocycles. The zero-order valence-electron chi connectivity index (χ0n) is 10.4. The Morgan fingerprint density at radius 1 is 1.30 bits per heavy atom. The fourth-order valence-corrected chi connectivity index (χ4v) is 3.34. The number of hydrogen-bond acceptors (Lipinski definition) is 3. The number of hydrogen-bond donors (Lipinski definition) is 0. The SMILES string of the molecule is Cc1cc(F)c2c(c1)C(=O)C(=O)N2Cc1ccc(Cl)s1. The van der Waals surface area contributed by atoms with Crippen molar-refractivity contribution in [3.05, 3.63) is 50.4 Å². The van der Waals surface area contributed by atoms with Gasteiger partial charge in [0.2, 0.25) is 0 Å². The number of Topliss-reactive ketones (excluding diaryl/α,β-unsaturated/α-hetero) is 1. The molecule has 1 aromatic heterocycles. The van der Waals surface area contributed by atoms with E-state index in [1.807, 2.05) is 0 Å². The van der Waals surface area contributed by atoms with E-state index >= 15 is 0 Å². The first kappa shape index (κ1) is 13.3. The van der Waals surface area contributed by atoms with Crippen LogP contribution in [0.15, 0.2) is 24.3 Å². The molecule has 1 amide bonds. The first-order valence-corrected chi connectivity index (χ1v) is 7.07. The van der Waals surface area contributed by atoms with Gasteiger partial charge < -0.3 is 0 Å². The second-order valence-corrected chi connectivity index (χ2v) is 6.37. The Labute approximate surface area is 123 Å². The summed E-state index contributed by atoms with van der Waals surface area (Å²) in [4.78, 5) is 25.9. The van der Waals surface area contributed by atoms with Crippen molar-refractivity contribution in [1.29, 1.82) is 0 Å². The molecular formula is C14H9ClFNO2S. The Balaban J connectivity index is 2.06. The first-order chi connectivity index (χ1) is 9.47. The van der Waals surface area contributed by atoms with Crippen LogP contribution in [0.4, 0.5) is 10.1 Å². The fraction of sp³-hybridized carbons (Fsp3) is 0.143. The van der Waals surface area contributed by atoms with Gasteiger partial charge in [-0.3, -0.25) is 14.5 Å². The van der Waals surface area contributed by atoms with Crippen molar-refractivity contribution < 1.29 is 14.0 Å². The van der Waals surface area contributed by atoms with Gasteiger partial charge in [0.1, 0.15) is 5.82 Å². The van der Waals surface area contributed by atoms with Crippen LogP contribution in [0.25, 0.3) is 0 Å². The molecule has 1 aliphatic heterocycles. The summed E-state index contributed by atoms with van der Waals surface area (Å²) in [6.07, 6.45) is 0. The number of fused-ring (bicyclic) bond motifs is 1. The summed E-state index contributed by atoms with van der Waals surface area (Å²) in [6, 6.07) is 6.32. The average Bonchev–Trinajstić information content (AvgIpc) is 2.88. The number of halogens is 2. The maximum Gasteiger partial charge on any atom is 0.299 e. The molecule has 0 aliphatic carbocycles. The van der Waals surface area contributed by atoms with Crippen molar-refractivity contribution in [2.24, 2.45) is 0 Å². The number of benzene rings is 1. The van der Waals surface area contributed by atoms with E-state index in [0.29, 0.717) is 9.90 Å². The summed E-state index contributed by atoms with van der Waals surface area (Å²) in [7, 11) is 0. The molecular weight excluding hydrogens is 301 g/mol. The minimum absolute atomic E-state index is 0.0649. The van der Waals surface area contributed by atoms with Gasteiger partial charge in [-0.1, -0.05) is 11.6 Å². The van der Waals surface area contributed by atoms with Crippen LogP contribution in [0.3, 0.4) is 0 Å². The summed E-state index contributed by atoms with van der Waals surface area (Å²) in [6.45, 7) is 1.83. The summed E-state index contributed by atoms with van der Waals surface area (Å²) in [5.74, 6) is -1.92. The van der Waals surface area contributed by atoms with Gasteiger partial charge in [0, 0.05) is 4.88 Å². The summed E-state index contributed by atoms with van der Waals surface area (Å²) >= 11 is 7.14. The van der Waals surface area contributed by atoms with Crippen LogP contribution in [0.1, 0.15) is 20.8 Å². The number of rotatable bonds is 2. The number of anilines is 1. The lowest BCUT2D eigenvalue weighted by molar-refractivity contribution is -0.114. The predicted octanol–water partition coefficient (Wildman–Crippen LogP) is 3.58. The van der Waals surface area contributed by atoms with Crippen LogP contribution in [-0.4, -0.2) is 11.7 Å². The largest absolute Gasteiger partial charge is 0.299 e. The van der Waals surface area contributed by atoms with E-state index in [-0.39, 0.29) is 17.8 Å². The molecule has 0 saturated carbocycles. The summed E-state index contributed by atoms with van der Waals surface area (Å²) in [5, 5.41) is 0. The predicted molar refractivity (Wildman–Crippen MR) is 76.0 cm³/mol. The highest BCUT2D eigenvalue weighted by Crippen LogP contribution is 2.35. The quantitative estimate of drug-likeness (QED) is 0.795. The van der Waals surface area contributed by atoms with E-state index in [1.165, 1.54) is 22.3 Å². The minimum atomic E-state index is -0.700. The molecule has 0 radical (unpaired) electrons. The molecule has 0 spiro atoms. The van der Waals surface area contributed by atoms with Gasteiger partial charge >= 0.3 is 0 Å². The standard InChI is InChI=1S/C14H9ClFNO2S/c1-7-4-9-12(10(16)5-7)17(14(19)13(9)18)6-8-2-3-11(15)20-8/h2-5H,6H2,1H3. The maximum atomic E-state index is 14.1. The number of amides is 1. The van der Waals surface area contributed by atoms with Crippen molar-refractivity contribution in [2.75, 3.05) is 4.90 Å². The van der Waals surface area contributed by atoms with Crippen molar-refractivity contribution >= 4 is 40.3 Å². The number of thiophene rings is 1. The van der Waals surface area contributed by atoms with Crippen molar-refractivity contribution in [2.45, 2.75) is 13.5 Å². The maximum absolute atomic E-state index is 14.1. The van der Waals surface area contributed by atoms with Gasteiger partial charge in [-0.15, -0.1) is 11.3 Å². The Hall–Kier alpha value is -1.72. The number of carbonyl (C=O) groups is 2. The minimum Gasteiger partial charge on any atom is -0.297 e. The van der Waals surface area contributed by atoms with Gasteiger partial charge in [0.25, 0.3) is 11.7 Å². The highest BCUT2D eigenvalue weighted by Gasteiger charge is 2.38. The molecule has 3 rings (SSSR count). The molecule has 2 heterocycles. The van der Waals surface area contributed by atoms with Gasteiger partial charge in [-0.2, -0.15) is 0 Å². The van der Waals surface area contributed by atoms with Crippen LogP contribution >= 0.6 is 22.9 Å². The average molecular weight is 310 g/mol. The first-order valence-electron chi connectivity index (χ1n) is 5.88. The molecule has 1 aliphatic rings. The monoisotopic (exact) mass is 309 g/mol. The number of aryl methyl sites for hydroxylation is 1. The third-order valence-electron chi connectivity index (χ3n) is 3.10. The second kappa shape index (κ2) is 4.68. The smallest absolute Gasteiger partial charge is 0.297 e. The molecule has 0 fully saturated rings. The Morgan fingerprint density at radius 3 is 2.70 bits per heavy atom. The third kappa shape index (κ3) is 2.03. The van der Waals surface area contributed by atoms with Crippen molar-refractivity contribution in [1.82, 2.24) is 0 Å². The van der Waals surface area contributed by atoms with Crippen LogP contribution < -0.4 is 4.90 Å². The molecule has 20 heavy (non-hydrogen) atoms. The lowest BCUT2D eigenvalue weighted by Gasteiger charge is -2.16. The van der Waals surface area contributed by atoms with Crippen LogP contribution in [-0.2, 0) is 11.3 Å². The van der Waals surface area contributed by atoms with E-state index in [9.17, 15) is 14.0 Å². The van der Waals surface area contributed by atoms with Crippen molar-refractivity contribution in [3.8, 4) is 0 Å². The molecule has 1 aromatic carbocycles. The normalized spacial score (nSPS) is 14.1. The summed E-state index contributed by atoms with van der Waals surface area (Å²) < 4.78 is 14.7. The molecule has 2 aromatic rings. The number of ketones is 1. The van der Waals surface area contributed by atoms with Gasteiger partial charge in [-0.05, 0) is 36.8 Å². The van der Waals surface area contributed by atoms with Gasteiger partial charge in [-0.25, -0.2) is 4.39 Å². The van der Waals surface area contributed by atoms with E-state index < -0.39 is 17.5 Å². The zero-order chi connectivity index (χ0) is 14.4. The Kier molecular flexibility index (Phi) is 3.11. The van der Waals surface area contributed by atoms with E-state index in [2.05, 4.69) is 0 Å². The zero-order valence-corrected chi connectivity index (χ0v) is 12.0. The van der Waals surface area contributed by atoms with Crippen LogP contribution in [0, 0.1) is 12.7 Å². The lowest BCUT2D eigenvalue weighted by atomic mass is 10.1. The Bertz CT molecular complexity index is 741. The fourth-order valence-electron chi connectivity index (χ4n) is 2.26. The topological polar surface area (TPSA) is 37.4 Å². The van der Waals surface area contributed by atoms with Gasteiger partial charge in [0.15, 0.2) is 0 Å². The van der Waals surface area contributed by atoms with Crippen LogP contribution in [0.5, 0.6) is 0 Å². The van der Waals surface area contributed by atoms with E-state index in [0.717, 1.165) is 4.88 Å². The molecule has 6 heteroatoms. The molecule has 102 valence electrons. The van der Waals surface area contributed by atoms with E-state index in [1.54, 1.807) is 25.1 Å². The third-order valence-corrected chi connectivity index (χ3v) is 4.32. The van der Waals surface area contributed by atoms with Crippen LogP contribution in [0.2, 0.25) is 4.34 Å². The second-order valence-electron chi connectivity index (χ2n) is 4.57. The number of nitrogens with zero attached hydrogens (tertiary/aromatic N) is 1. The van der Waals surface area contributed by atoms with E-state index in [4.69, 9.17) is 11.6 Å². The molecule has 0 unspecified atom stereocenters. The molecule has 0 N–H and O–H groups in total. The van der Waals surface area contributed by atoms with Gasteiger partial charge in [0.05, 0.1) is 22.1 Å². The highest BCUT2D eigenvalue weighted by molar-refractivity contribution is 7.16. The lowest BCUT2D eigenvalue weighted by Crippen LogP contribution is -2.29. The molecule has 0 atom stereocenters. The molecule has 3 nitrogen and oxygen atoms in total. The summed E-state index contributed by atoms with van der Waals surface area (Å²) in [5.41, 5.74) is 0.814. The highest BCUT2D eigenvalue weighted by atomic mass is 35.5. The Morgan fingerprint density at radius 2 is 2.05 bits per heavy atom.